The minimum absolute atomic E-state index is 0. The molecule has 0 atom stereocenters. The highest BCUT2D eigenvalue weighted by molar-refractivity contribution is 5.91. The molecule has 0 amide bonds. The Morgan fingerprint density at radius 1 is 1.00 bits per heavy atom. The van der Waals surface area contributed by atoms with Crippen molar-refractivity contribution in [2.45, 2.75) is 58.0 Å². The summed E-state index contributed by atoms with van der Waals surface area (Å²) < 4.78 is 12.4. The number of anilines is 2. The summed E-state index contributed by atoms with van der Waals surface area (Å²) >= 11 is 0. The third-order valence-corrected chi connectivity index (χ3v) is 7.62. The zero-order chi connectivity index (χ0) is 21.7. The molecule has 2 heterocycles. The second kappa shape index (κ2) is 8.68. The van der Waals surface area contributed by atoms with E-state index < -0.39 is 0 Å². The highest BCUT2D eigenvalue weighted by atomic mass is 35.5. The summed E-state index contributed by atoms with van der Waals surface area (Å²) in [5, 5.41) is 4.49. The standard InChI is InChI=1S/C27H31N3O2.ClH/c1-3-31-25-13-23-24(8-9-28-26(23)29-17(25)2)30-21-4-6-22(7-5-21)32-27-14-18-10-19(15-27)12-20(11-18)16-27;/h4-9,13,18-20H,3,10-12,14-16H2,1-2H3,(H,28,29,30);1H. The number of benzene rings is 1. The minimum Gasteiger partial charge on any atom is -0.492 e. The van der Waals surface area contributed by atoms with Crippen molar-refractivity contribution in [3.63, 3.8) is 0 Å². The Morgan fingerprint density at radius 2 is 1.67 bits per heavy atom. The molecule has 7 rings (SSSR count). The fourth-order valence-electron chi connectivity index (χ4n) is 6.72. The van der Waals surface area contributed by atoms with Gasteiger partial charge in [-0.1, -0.05) is 0 Å². The Kier molecular flexibility index (Phi) is 5.86. The molecule has 0 unspecified atom stereocenters. The van der Waals surface area contributed by atoms with Crippen LogP contribution in [0.5, 0.6) is 11.5 Å². The maximum atomic E-state index is 6.68. The van der Waals surface area contributed by atoms with Crippen LogP contribution in [0.4, 0.5) is 11.4 Å². The monoisotopic (exact) mass is 465 g/mol. The van der Waals surface area contributed by atoms with Crippen molar-refractivity contribution >= 4 is 34.8 Å². The van der Waals surface area contributed by atoms with Gasteiger partial charge in [-0.3, -0.25) is 0 Å². The van der Waals surface area contributed by atoms with E-state index in [-0.39, 0.29) is 18.0 Å². The quantitative estimate of drug-likeness (QED) is 0.431. The molecule has 0 saturated heterocycles. The molecule has 174 valence electrons. The van der Waals surface area contributed by atoms with Crippen molar-refractivity contribution in [3.05, 3.63) is 48.3 Å². The summed E-state index contributed by atoms with van der Waals surface area (Å²) in [5.74, 6) is 4.46. The van der Waals surface area contributed by atoms with Crippen molar-refractivity contribution in [3.8, 4) is 11.5 Å². The number of nitrogens with one attached hydrogen (secondary N) is 1. The molecule has 4 aliphatic carbocycles. The van der Waals surface area contributed by atoms with Gasteiger partial charge in [0, 0.05) is 17.3 Å². The minimum atomic E-state index is 0. The van der Waals surface area contributed by atoms with Gasteiger partial charge in [0.1, 0.15) is 17.1 Å². The lowest BCUT2D eigenvalue weighted by molar-refractivity contribution is -0.107. The summed E-state index contributed by atoms with van der Waals surface area (Å²) in [4.78, 5) is 9.05. The van der Waals surface area contributed by atoms with Gasteiger partial charge in [-0.15, -0.1) is 12.4 Å². The highest BCUT2D eigenvalue weighted by Gasteiger charge is 2.52. The Balaban J connectivity index is 0.00000228. The number of hydrogen-bond donors (Lipinski definition) is 1. The lowest BCUT2D eigenvalue weighted by atomic mass is 9.54. The number of halogens is 1. The molecule has 0 spiro atoms. The van der Waals surface area contributed by atoms with Crippen molar-refractivity contribution in [2.24, 2.45) is 17.8 Å². The predicted molar refractivity (Wildman–Crippen MR) is 134 cm³/mol. The second-order valence-electron chi connectivity index (χ2n) is 10.1. The van der Waals surface area contributed by atoms with E-state index in [2.05, 4.69) is 39.6 Å². The van der Waals surface area contributed by atoms with E-state index in [1.165, 1.54) is 38.5 Å². The maximum Gasteiger partial charge on any atom is 0.161 e. The predicted octanol–water partition coefficient (Wildman–Crippen LogP) is 6.85. The van der Waals surface area contributed by atoms with Gasteiger partial charge < -0.3 is 14.8 Å². The van der Waals surface area contributed by atoms with Crippen LogP contribution < -0.4 is 14.8 Å². The van der Waals surface area contributed by atoms with Gasteiger partial charge in [-0.25, -0.2) is 9.97 Å². The Morgan fingerprint density at radius 3 is 2.30 bits per heavy atom. The van der Waals surface area contributed by atoms with E-state index in [0.717, 1.165) is 57.4 Å². The van der Waals surface area contributed by atoms with Gasteiger partial charge in [0.15, 0.2) is 5.65 Å². The maximum absolute atomic E-state index is 6.68. The van der Waals surface area contributed by atoms with Crippen LogP contribution in [0.15, 0.2) is 42.6 Å². The molecule has 1 N–H and O–H groups in total. The third kappa shape index (κ3) is 4.23. The summed E-state index contributed by atoms with van der Waals surface area (Å²) in [6.45, 7) is 4.55. The van der Waals surface area contributed by atoms with E-state index in [9.17, 15) is 0 Å². The molecule has 3 aromatic rings. The summed E-state index contributed by atoms with van der Waals surface area (Å²) in [6.07, 6.45) is 9.84. The molecule has 5 nitrogen and oxygen atoms in total. The van der Waals surface area contributed by atoms with Gasteiger partial charge in [0.05, 0.1) is 18.0 Å². The van der Waals surface area contributed by atoms with E-state index in [4.69, 9.17) is 9.47 Å². The van der Waals surface area contributed by atoms with Crippen LogP contribution >= 0.6 is 12.4 Å². The van der Waals surface area contributed by atoms with Crippen molar-refractivity contribution in [2.75, 3.05) is 11.9 Å². The van der Waals surface area contributed by atoms with Crippen LogP contribution in [-0.4, -0.2) is 22.2 Å². The lowest BCUT2D eigenvalue weighted by Crippen LogP contribution is -2.53. The summed E-state index contributed by atoms with van der Waals surface area (Å²) in [6, 6.07) is 12.4. The number of nitrogens with zero attached hydrogens (tertiary/aromatic N) is 2. The fraction of sp³-hybridized carbons (Fsp3) is 0.481. The van der Waals surface area contributed by atoms with Crippen LogP contribution in [0.2, 0.25) is 0 Å². The number of aromatic nitrogens is 2. The Labute approximate surface area is 201 Å². The van der Waals surface area contributed by atoms with Crippen LogP contribution in [-0.2, 0) is 0 Å². The summed E-state index contributed by atoms with van der Waals surface area (Å²) in [5.41, 5.74) is 3.66. The van der Waals surface area contributed by atoms with Crippen LogP contribution in [0, 0.1) is 24.7 Å². The van der Waals surface area contributed by atoms with Crippen molar-refractivity contribution in [1.29, 1.82) is 0 Å². The Bertz CT molecular complexity index is 1110. The van der Waals surface area contributed by atoms with Gasteiger partial charge >= 0.3 is 0 Å². The first-order chi connectivity index (χ1) is 15.6. The second-order valence-corrected chi connectivity index (χ2v) is 10.1. The molecule has 0 aliphatic heterocycles. The number of ether oxygens (including phenoxy) is 2. The molecule has 4 saturated carbocycles. The number of aryl methyl sites for hydroxylation is 1. The van der Waals surface area contributed by atoms with Crippen molar-refractivity contribution < 1.29 is 9.47 Å². The lowest BCUT2D eigenvalue weighted by Gasteiger charge is -2.56. The largest absolute Gasteiger partial charge is 0.492 e. The smallest absolute Gasteiger partial charge is 0.161 e. The molecule has 2 aromatic heterocycles. The average molecular weight is 466 g/mol. The van der Waals surface area contributed by atoms with E-state index in [1.54, 1.807) is 6.20 Å². The normalized spacial score (nSPS) is 27.3. The fourth-order valence-corrected chi connectivity index (χ4v) is 6.72. The van der Waals surface area contributed by atoms with Gasteiger partial charge in [-0.05, 0) is 107 Å². The molecule has 1 aromatic carbocycles. The molecule has 4 bridgehead atoms. The van der Waals surface area contributed by atoms with Crippen LogP contribution in [0.25, 0.3) is 11.0 Å². The molecule has 4 fully saturated rings. The molecule has 0 radical (unpaired) electrons. The first-order valence-electron chi connectivity index (χ1n) is 12.0. The number of rotatable bonds is 6. The molecule has 4 aliphatic rings. The van der Waals surface area contributed by atoms with Crippen LogP contribution in [0.3, 0.4) is 0 Å². The van der Waals surface area contributed by atoms with Gasteiger partial charge in [-0.2, -0.15) is 0 Å². The van der Waals surface area contributed by atoms with E-state index in [0.29, 0.717) is 6.61 Å². The molecular weight excluding hydrogens is 434 g/mol. The summed E-state index contributed by atoms with van der Waals surface area (Å²) in [7, 11) is 0. The van der Waals surface area contributed by atoms with Gasteiger partial charge in [0.2, 0.25) is 0 Å². The third-order valence-electron chi connectivity index (χ3n) is 7.62. The molecule has 33 heavy (non-hydrogen) atoms. The number of fused-ring (bicyclic) bond motifs is 1. The number of pyridine rings is 2. The molecular formula is C27H32ClN3O2. The zero-order valence-corrected chi connectivity index (χ0v) is 20.2. The average Bonchev–Trinajstić information content (AvgIpc) is 2.75. The first-order valence-corrected chi connectivity index (χ1v) is 12.0. The van der Waals surface area contributed by atoms with E-state index >= 15 is 0 Å². The first kappa shape index (κ1) is 22.3. The van der Waals surface area contributed by atoms with Crippen LogP contribution in [0.1, 0.15) is 51.1 Å². The SMILES string of the molecule is CCOc1cc2c(Nc3ccc(OC45CC6CC(CC(C6)C4)C5)cc3)ccnc2nc1C.Cl. The topological polar surface area (TPSA) is 56.3 Å². The number of hydrogen-bond acceptors (Lipinski definition) is 5. The van der Waals surface area contributed by atoms with Gasteiger partial charge in [0.25, 0.3) is 0 Å². The van der Waals surface area contributed by atoms with Crippen molar-refractivity contribution in [1.82, 2.24) is 9.97 Å². The highest BCUT2D eigenvalue weighted by Crippen LogP contribution is 2.57. The molecule has 6 heteroatoms. The Hall–Kier alpha value is -2.53. The zero-order valence-electron chi connectivity index (χ0n) is 19.3. The van der Waals surface area contributed by atoms with E-state index in [1.807, 2.05) is 26.0 Å².